The van der Waals surface area contributed by atoms with Crippen LogP contribution in [0.2, 0.25) is 5.02 Å². The molecule has 0 radical (unpaired) electrons. The molecule has 2 rings (SSSR count). The molecule has 0 saturated carbocycles. The maximum absolute atomic E-state index is 6.04. The third-order valence-electron chi connectivity index (χ3n) is 3.98. The van der Waals surface area contributed by atoms with Crippen molar-refractivity contribution in [2.75, 3.05) is 31.5 Å². The Bertz CT molecular complexity index is 400. The van der Waals surface area contributed by atoms with Gasteiger partial charge in [-0.3, -0.25) is 0 Å². The second-order valence-corrected chi connectivity index (χ2v) is 5.90. The highest BCUT2D eigenvalue weighted by molar-refractivity contribution is 6.30. The highest BCUT2D eigenvalue weighted by Crippen LogP contribution is 2.27. The predicted octanol–water partition coefficient (Wildman–Crippen LogP) is 2.96. The largest absolute Gasteiger partial charge is 0.378 e. The zero-order valence-electron chi connectivity index (χ0n) is 11.7. The molecular weight excluding hydrogens is 258 g/mol. The first-order valence-corrected chi connectivity index (χ1v) is 7.51. The molecule has 1 heterocycles. The van der Waals surface area contributed by atoms with Gasteiger partial charge in [-0.2, -0.15) is 0 Å². The molecule has 0 bridgehead atoms. The van der Waals surface area contributed by atoms with E-state index < -0.39 is 0 Å². The monoisotopic (exact) mass is 281 g/mol. The van der Waals surface area contributed by atoms with Crippen LogP contribution in [0.15, 0.2) is 24.3 Å². The molecule has 3 nitrogen and oxygen atoms in total. The van der Waals surface area contributed by atoms with Crippen molar-refractivity contribution in [2.45, 2.75) is 31.7 Å². The molecule has 1 saturated heterocycles. The van der Waals surface area contributed by atoms with E-state index in [1.165, 1.54) is 13.0 Å². The molecule has 1 aliphatic heterocycles. The molecule has 0 aliphatic carbocycles. The fourth-order valence-electron chi connectivity index (χ4n) is 2.77. The summed E-state index contributed by atoms with van der Waals surface area (Å²) < 4.78 is 0. The van der Waals surface area contributed by atoms with Crippen molar-refractivity contribution in [1.82, 2.24) is 4.90 Å². The van der Waals surface area contributed by atoms with E-state index >= 15 is 0 Å². The third kappa shape index (κ3) is 3.85. The van der Waals surface area contributed by atoms with Crippen LogP contribution in [-0.2, 0) is 0 Å². The maximum Gasteiger partial charge on any atom is 0.0520 e. The Morgan fingerprint density at radius 1 is 1.37 bits per heavy atom. The molecule has 0 amide bonds. The average molecular weight is 282 g/mol. The van der Waals surface area contributed by atoms with Gasteiger partial charge in [0.1, 0.15) is 0 Å². The summed E-state index contributed by atoms with van der Waals surface area (Å²) in [6.45, 7) is 6.34. The molecule has 3 N–H and O–H groups in total. The summed E-state index contributed by atoms with van der Waals surface area (Å²) in [7, 11) is 0. The zero-order chi connectivity index (χ0) is 13.7. The quantitative estimate of drug-likeness (QED) is 0.872. The maximum atomic E-state index is 6.04. The summed E-state index contributed by atoms with van der Waals surface area (Å²) in [5.41, 5.74) is 7.12. The van der Waals surface area contributed by atoms with E-state index in [-0.39, 0.29) is 5.54 Å². The Labute approximate surface area is 121 Å². The fraction of sp³-hybridized carbons (Fsp3) is 0.600. The summed E-state index contributed by atoms with van der Waals surface area (Å²) in [4.78, 5) is 2.52. The molecule has 1 aromatic rings. The van der Waals surface area contributed by atoms with Gasteiger partial charge in [0.2, 0.25) is 0 Å². The second kappa shape index (κ2) is 6.60. The van der Waals surface area contributed by atoms with Gasteiger partial charge in [0.25, 0.3) is 0 Å². The van der Waals surface area contributed by atoms with Gasteiger partial charge in [-0.25, -0.2) is 0 Å². The second-order valence-electron chi connectivity index (χ2n) is 5.46. The summed E-state index contributed by atoms with van der Waals surface area (Å²) in [6, 6.07) is 7.89. The first kappa shape index (κ1) is 14.6. The summed E-state index contributed by atoms with van der Waals surface area (Å²) in [6.07, 6.45) is 3.41. The molecule has 106 valence electrons. The SMILES string of the molecule is CCCN1CCC(CN)(Nc2cccc(Cl)c2)CC1. The van der Waals surface area contributed by atoms with Crippen molar-refractivity contribution in [3.8, 4) is 0 Å². The molecule has 19 heavy (non-hydrogen) atoms. The first-order valence-electron chi connectivity index (χ1n) is 7.14. The number of anilines is 1. The molecule has 0 unspecified atom stereocenters. The molecule has 1 fully saturated rings. The predicted molar refractivity (Wildman–Crippen MR) is 82.8 cm³/mol. The van der Waals surface area contributed by atoms with Crippen molar-refractivity contribution < 1.29 is 0 Å². The molecular formula is C15H24ClN3. The smallest absolute Gasteiger partial charge is 0.0520 e. The highest BCUT2D eigenvalue weighted by atomic mass is 35.5. The van der Waals surface area contributed by atoms with Crippen LogP contribution < -0.4 is 11.1 Å². The van der Waals surface area contributed by atoms with Crippen molar-refractivity contribution >= 4 is 17.3 Å². The molecule has 1 aliphatic rings. The summed E-state index contributed by atoms with van der Waals surface area (Å²) in [5, 5.41) is 4.38. The Morgan fingerprint density at radius 3 is 2.68 bits per heavy atom. The summed E-state index contributed by atoms with van der Waals surface area (Å²) in [5.74, 6) is 0. The number of benzene rings is 1. The Morgan fingerprint density at radius 2 is 2.11 bits per heavy atom. The normalized spacial score (nSPS) is 19.3. The minimum atomic E-state index is 0.0227. The topological polar surface area (TPSA) is 41.3 Å². The number of rotatable bonds is 5. The van der Waals surface area contributed by atoms with Crippen LogP contribution in [-0.4, -0.2) is 36.6 Å². The number of nitrogens with two attached hydrogens (primary N) is 1. The molecule has 0 aromatic heterocycles. The van der Waals surface area contributed by atoms with Gasteiger partial charge in [-0.15, -0.1) is 0 Å². The van der Waals surface area contributed by atoms with Crippen LogP contribution in [0.4, 0.5) is 5.69 Å². The van der Waals surface area contributed by atoms with E-state index in [4.69, 9.17) is 17.3 Å². The van der Waals surface area contributed by atoms with E-state index in [2.05, 4.69) is 23.2 Å². The van der Waals surface area contributed by atoms with E-state index in [9.17, 15) is 0 Å². The lowest BCUT2D eigenvalue weighted by molar-refractivity contribution is 0.177. The molecule has 0 spiro atoms. The molecule has 4 heteroatoms. The number of hydrogen-bond donors (Lipinski definition) is 2. The van der Waals surface area contributed by atoms with Gasteiger partial charge < -0.3 is 16.0 Å². The Balaban J connectivity index is 2.00. The number of hydrogen-bond acceptors (Lipinski definition) is 3. The van der Waals surface area contributed by atoms with Crippen LogP contribution in [0.25, 0.3) is 0 Å². The van der Waals surface area contributed by atoms with Gasteiger partial charge >= 0.3 is 0 Å². The van der Waals surface area contributed by atoms with Crippen LogP contribution in [0.3, 0.4) is 0 Å². The number of nitrogens with one attached hydrogen (secondary N) is 1. The van der Waals surface area contributed by atoms with Crippen LogP contribution in [0.1, 0.15) is 26.2 Å². The van der Waals surface area contributed by atoms with Crippen molar-refractivity contribution in [2.24, 2.45) is 5.73 Å². The van der Waals surface area contributed by atoms with Crippen LogP contribution in [0.5, 0.6) is 0 Å². The molecule has 1 aromatic carbocycles. The van der Waals surface area contributed by atoms with E-state index in [1.54, 1.807) is 0 Å². The first-order chi connectivity index (χ1) is 9.17. The van der Waals surface area contributed by atoms with Gasteiger partial charge in [0.15, 0.2) is 0 Å². The number of nitrogens with zero attached hydrogens (tertiary/aromatic N) is 1. The standard InChI is InChI=1S/C15H24ClN3/c1-2-8-19-9-6-15(12-17,7-10-19)18-14-5-3-4-13(16)11-14/h3-5,11,18H,2,6-10,12,17H2,1H3. The van der Waals surface area contributed by atoms with E-state index in [0.29, 0.717) is 6.54 Å². The van der Waals surface area contributed by atoms with Crippen molar-refractivity contribution in [1.29, 1.82) is 0 Å². The van der Waals surface area contributed by atoms with Gasteiger partial charge in [-0.05, 0) is 44.0 Å². The van der Waals surface area contributed by atoms with Gasteiger partial charge in [-0.1, -0.05) is 24.6 Å². The van der Waals surface area contributed by atoms with E-state index in [1.807, 2.05) is 18.2 Å². The minimum Gasteiger partial charge on any atom is -0.378 e. The lowest BCUT2D eigenvalue weighted by Crippen LogP contribution is -2.53. The van der Waals surface area contributed by atoms with E-state index in [0.717, 1.165) is 36.6 Å². The Hall–Kier alpha value is -0.770. The van der Waals surface area contributed by atoms with Gasteiger partial charge in [0, 0.05) is 30.3 Å². The third-order valence-corrected chi connectivity index (χ3v) is 4.21. The zero-order valence-corrected chi connectivity index (χ0v) is 12.4. The fourth-order valence-corrected chi connectivity index (χ4v) is 2.96. The number of likely N-dealkylation sites (tertiary alicyclic amines) is 1. The number of piperidine rings is 1. The summed E-state index contributed by atoms with van der Waals surface area (Å²) >= 11 is 6.04. The number of halogens is 1. The molecule has 0 atom stereocenters. The minimum absolute atomic E-state index is 0.0227. The lowest BCUT2D eigenvalue weighted by atomic mass is 9.87. The van der Waals surface area contributed by atoms with Gasteiger partial charge in [0.05, 0.1) is 5.54 Å². The van der Waals surface area contributed by atoms with Crippen molar-refractivity contribution in [3.05, 3.63) is 29.3 Å². The highest BCUT2D eigenvalue weighted by Gasteiger charge is 2.32. The lowest BCUT2D eigenvalue weighted by Gasteiger charge is -2.42. The van der Waals surface area contributed by atoms with Crippen LogP contribution >= 0.6 is 11.6 Å². The van der Waals surface area contributed by atoms with Crippen LogP contribution in [0, 0.1) is 0 Å². The van der Waals surface area contributed by atoms with Crippen molar-refractivity contribution in [3.63, 3.8) is 0 Å². The Kier molecular flexibility index (Phi) is 5.08. The average Bonchev–Trinajstić information content (AvgIpc) is 2.42.